The smallest absolute Gasteiger partial charge is 0.310 e. The second-order valence-corrected chi connectivity index (χ2v) is 7.74. The lowest BCUT2D eigenvalue weighted by Crippen LogP contribution is -2.10. The number of para-hydroxylation sites is 1. The predicted octanol–water partition coefficient (Wildman–Crippen LogP) is 5.76. The number of ether oxygens (including phenoxy) is 2. The first-order valence-electron chi connectivity index (χ1n) is 9.01. The molecule has 3 nitrogen and oxygen atoms in total. The van der Waals surface area contributed by atoms with Gasteiger partial charge in [0.1, 0.15) is 18.1 Å². The zero-order valence-corrected chi connectivity index (χ0v) is 15.9. The molecule has 0 unspecified atom stereocenters. The minimum atomic E-state index is -0.119. The molecule has 2 aromatic carbocycles. The molecule has 3 rings (SSSR count). The molecule has 1 saturated carbocycles. The third-order valence-electron chi connectivity index (χ3n) is 4.94. The van der Waals surface area contributed by atoms with Crippen LogP contribution < -0.4 is 4.74 Å². The summed E-state index contributed by atoms with van der Waals surface area (Å²) < 4.78 is 11.4. The second-order valence-electron chi connectivity index (χ2n) is 7.74. The average molecular weight is 350 g/mol. The van der Waals surface area contributed by atoms with Crippen LogP contribution in [0.3, 0.4) is 0 Å². The number of carbonyl (C=O) groups excluding carboxylic acids is 1. The number of rotatable bonds is 6. The average Bonchev–Trinajstić information content (AvgIpc) is 3.13. The van der Waals surface area contributed by atoms with Gasteiger partial charge >= 0.3 is 5.97 Å². The van der Waals surface area contributed by atoms with E-state index in [1.807, 2.05) is 54.6 Å². The maximum atomic E-state index is 12.5. The van der Waals surface area contributed by atoms with Gasteiger partial charge in [-0.2, -0.15) is 0 Å². The first-order chi connectivity index (χ1) is 12.4. The number of benzene rings is 2. The Bertz CT molecular complexity index is 801. The van der Waals surface area contributed by atoms with E-state index in [0.717, 1.165) is 17.1 Å². The first kappa shape index (κ1) is 18.2. The molecule has 0 heterocycles. The van der Waals surface area contributed by atoms with Crippen LogP contribution in [0.25, 0.3) is 0 Å². The molecular formula is C23H26O3. The fourth-order valence-corrected chi connectivity index (χ4v) is 3.37. The molecule has 0 saturated heterocycles. The summed E-state index contributed by atoms with van der Waals surface area (Å²) in [6.45, 7) is 8.64. The Morgan fingerprint density at radius 2 is 1.73 bits per heavy atom. The molecule has 1 aliphatic rings. The summed E-state index contributed by atoms with van der Waals surface area (Å²) in [5.74, 6) is 1.62. The molecular weight excluding hydrogens is 324 g/mol. The Balaban J connectivity index is 1.59. The van der Waals surface area contributed by atoms with E-state index in [1.54, 1.807) is 0 Å². The van der Waals surface area contributed by atoms with Gasteiger partial charge in [0.25, 0.3) is 0 Å². The van der Waals surface area contributed by atoms with Crippen molar-refractivity contribution < 1.29 is 14.3 Å². The van der Waals surface area contributed by atoms with E-state index in [0.29, 0.717) is 0 Å². The Kier molecular flexibility index (Phi) is 5.17. The second kappa shape index (κ2) is 7.36. The van der Waals surface area contributed by atoms with Crippen LogP contribution in [-0.4, -0.2) is 5.97 Å². The fourth-order valence-electron chi connectivity index (χ4n) is 3.37. The molecule has 0 spiro atoms. The Hall–Kier alpha value is -2.55. The molecule has 0 amide bonds. The van der Waals surface area contributed by atoms with Crippen molar-refractivity contribution in [3.05, 3.63) is 71.8 Å². The zero-order valence-electron chi connectivity index (χ0n) is 15.9. The van der Waals surface area contributed by atoms with Crippen molar-refractivity contribution in [3.8, 4) is 11.5 Å². The van der Waals surface area contributed by atoms with Crippen LogP contribution in [0.5, 0.6) is 11.5 Å². The van der Waals surface area contributed by atoms with Gasteiger partial charge in [0.05, 0.1) is 5.92 Å². The maximum absolute atomic E-state index is 12.5. The van der Waals surface area contributed by atoms with Gasteiger partial charge in [0.2, 0.25) is 0 Å². The summed E-state index contributed by atoms with van der Waals surface area (Å²) in [5, 5.41) is 0. The lowest BCUT2D eigenvalue weighted by molar-refractivity contribution is -0.147. The van der Waals surface area contributed by atoms with Crippen molar-refractivity contribution in [2.24, 2.45) is 17.3 Å². The fraction of sp³-hybridized carbons (Fsp3) is 0.348. The lowest BCUT2D eigenvalue weighted by Gasteiger charge is -2.09. The van der Waals surface area contributed by atoms with Crippen molar-refractivity contribution in [2.45, 2.75) is 34.3 Å². The molecule has 0 bridgehead atoms. The van der Waals surface area contributed by atoms with Gasteiger partial charge in [-0.25, -0.2) is 0 Å². The minimum absolute atomic E-state index is 0.0212. The van der Waals surface area contributed by atoms with Gasteiger partial charge < -0.3 is 9.47 Å². The Morgan fingerprint density at radius 3 is 2.42 bits per heavy atom. The first-order valence-corrected chi connectivity index (χ1v) is 9.01. The number of allylic oxidation sites excluding steroid dienone is 2. The summed E-state index contributed by atoms with van der Waals surface area (Å²) in [6.07, 6.45) is 2.18. The molecule has 2 aromatic rings. The molecule has 26 heavy (non-hydrogen) atoms. The van der Waals surface area contributed by atoms with E-state index in [4.69, 9.17) is 9.47 Å². The van der Waals surface area contributed by atoms with E-state index >= 15 is 0 Å². The summed E-state index contributed by atoms with van der Waals surface area (Å²) in [7, 11) is 0. The number of hydrogen-bond acceptors (Lipinski definition) is 3. The van der Waals surface area contributed by atoms with Gasteiger partial charge in [0, 0.05) is 0 Å². The predicted molar refractivity (Wildman–Crippen MR) is 103 cm³/mol. The third-order valence-corrected chi connectivity index (χ3v) is 4.94. The van der Waals surface area contributed by atoms with Crippen LogP contribution in [-0.2, 0) is 16.1 Å². The van der Waals surface area contributed by atoms with Crippen molar-refractivity contribution in [3.63, 3.8) is 0 Å². The highest BCUT2D eigenvalue weighted by Gasteiger charge is 2.61. The zero-order chi connectivity index (χ0) is 18.7. The van der Waals surface area contributed by atoms with Crippen molar-refractivity contribution in [2.75, 3.05) is 0 Å². The topological polar surface area (TPSA) is 35.5 Å². The molecule has 2 atom stereocenters. The van der Waals surface area contributed by atoms with Crippen molar-refractivity contribution >= 4 is 5.97 Å². The summed E-state index contributed by atoms with van der Waals surface area (Å²) in [6, 6.07) is 17.3. The van der Waals surface area contributed by atoms with Crippen LogP contribution >= 0.6 is 0 Å². The van der Waals surface area contributed by atoms with Crippen LogP contribution in [0, 0.1) is 17.3 Å². The normalized spacial score (nSPS) is 20.2. The summed E-state index contributed by atoms with van der Waals surface area (Å²) >= 11 is 0. The van der Waals surface area contributed by atoms with E-state index in [9.17, 15) is 4.79 Å². The molecule has 3 heteroatoms. The standard InChI is InChI=1S/C23H26O3/c1-16(2)13-20-21(23(20,3)4)22(24)25-15-17-9-8-12-19(14-17)26-18-10-6-5-7-11-18/h5-14,20-21H,15H2,1-4H3/t20-,21-/m0/s1. The molecule has 0 aliphatic heterocycles. The van der Waals surface area contributed by atoms with Gasteiger partial charge in [-0.1, -0.05) is 55.8 Å². The maximum Gasteiger partial charge on any atom is 0.310 e. The number of esters is 1. The van der Waals surface area contributed by atoms with Gasteiger partial charge in [-0.3, -0.25) is 4.79 Å². The third kappa shape index (κ3) is 4.16. The molecule has 1 fully saturated rings. The van der Waals surface area contributed by atoms with Crippen LogP contribution in [0.15, 0.2) is 66.2 Å². The molecule has 0 N–H and O–H groups in total. The van der Waals surface area contributed by atoms with Crippen LogP contribution in [0.2, 0.25) is 0 Å². The SMILES string of the molecule is CC(C)=C[C@H]1[C@@H](C(=O)OCc2cccc(Oc3ccccc3)c2)C1(C)C. The van der Waals surface area contributed by atoms with Gasteiger partial charge in [0.15, 0.2) is 0 Å². The molecule has 0 radical (unpaired) electrons. The van der Waals surface area contributed by atoms with Crippen LogP contribution in [0.4, 0.5) is 0 Å². The Labute approximate surface area is 155 Å². The molecule has 1 aliphatic carbocycles. The van der Waals surface area contributed by atoms with E-state index in [2.05, 4.69) is 33.8 Å². The van der Waals surface area contributed by atoms with E-state index < -0.39 is 0 Å². The van der Waals surface area contributed by atoms with E-state index in [1.165, 1.54) is 5.57 Å². The number of carbonyl (C=O) groups is 1. The summed E-state index contributed by atoms with van der Waals surface area (Å²) in [5.41, 5.74) is 2.14. The highest BCUT2D eigenvalue weighted by molar-refractivity contribution is 5.78. The lowest BCUT2D eigenvalue weighted by atomic mass is 10.1. The van der Waals surface area contributed by atoms with Crippen LogP contribution in [0.1, 0.15) is 33.3 Å². The molecule has 0 aromatic heterocycles. The quantitative estimate of drug-likeness (QED) is 0.491. The molecule has 136 valence electrons. The highest BCUT2D eigenvalue weighted by Crippen LogP contribution is 2.59. The number of hydrogen-bond donors (Lipinski definition) is 0. The van der Waals surface area contributed by atoms with Gasteiger partial charge in [-0.05, 0) is 55.0 Å². The van der Waals surface area contributed by atoms with Crippen molar-refractivity contribution in [1.29, 1.82) is 0 Å². The minimum Gasteiger partial charge on any atom is -0.461 e. The van der Waals surface area contributed by atoms with Gasteiger partial charge in [-0.15, -0.1) is 0 Å². The largest absolute Gasteiger partial charge is 0.461 e. The van der Waals surface area contributed by atoms with Crippen molar-refractivity contribution in [1.82, 2.24) is 0 Å². The monoisotopic (exact) mass is 350 g/mol. The summed E-state index contributed by atoms with van der Waals surface area (Å²) in [4.78, 5) is 12.5. The van der Waals surface area contributed by atoms with E-state index in [-0.39, 0.29) is 29.8 Å². The Morgan fingerprint density at radius 1 is 1.04 bits per heavy atom. The highest BCUT2D eigenvalue weighted by atomic mass is 16.5.